The molecule has 0 aliphatic heterocycles. The summed E-state index contributed by atoms with van der Waals surface area (Å²) in [5.41, 5.74) is 2.72. The van der Waals surface area contributed by atoms with E-state index in [1.165, 1.54) is 5.56 Å². The van der Waals surface area contributed by atoms with Gasteiger partial charge in [-0.2, -0.15) is 0 Å². The fourth-order valence-corrected chi connectivity index (χ4v) is 2.17. The Bertz CT molecular complexity index is 337. The Labute approximate surface area is 104 Å². The van der Waals surface area contributed by atoms with Crippen molar-refractivity contribution in [3.05, 3.63) is 34.6 Å². The number of nitrogens with one attached hydrogen (secondary N) is 1. The first kappa shape index (κ1) is 14.2. The second-order valence-electron chi connectivity index (χ2n) is 4.76. The first-order chi connectivity index (χ1) is 8.10. The van der Waals surface area contributed by atoms with E-state index >= 15 is 0 Å². The molecule has 1 aromatic rings. The van der Waals surface area contributed by atoms with Gasteiger partial charge in [0.25, 0.3) is 0 Å². The topological polar surface area (TPSA) is 12.0 Å². The Kier molecular flexibility index (Phi) is 5.63. The quantitative estimate of drug-likeness (QED) is 0.778. The molecule has 0 radical (unpaired) electrons. The average molecular weight is 237 g/mol. The van der Waals surface area contributed by atoms with Gasteiger partial charge in [-0.1, -0.05) is 32.4 Å². The van der Waals surface area contributed by atoms with Gasteiger partial charge < -0.3 is 5.32 Å². The molecule has 0 amide bonds. The zero-order valence-corrected chi connectivity index (χ0v) is 11.4. The average Bonchev–Trinajstić information content (AvgIpc) is 2.31. The third kappa shape index (κ3) is 3.81. The summed E-state index contributed by atoms with van der Waals surface area (Å²) in [6, 6.07) is 4.31. The molecule has 0 aliphatic carbocycles. The molecule has 1 N–H and O–H groups in total. The van der Waals surface area contributed by atoms with Crippen LogP contribution in [0.4, 0.5) is 4.39 Å². The predicted octanol–water partition coefficient (Wildman–Crippen LogP) is 4.28. The minimum absolute atomic E-state index is 0.0699. The van der Waals surface area contributed by atoms with Crippen LogP contribution in [0.25, 0.3) is 0 Å². The van der Waals surface area contributed by atoms with Crippen LogP contribution in [0.15, 0.2) is 12.1 Å². The lowest BCUT2D eigenvalue weighted by atomic mass is 9.97. The van der Waals surface area contributed by atoms with Gasteiger partial charge in [0.1, 0.15) is 5.82 Å². The number of rotatable bonds is 6. The Morgan fingerprint density at radius 3 is 2.18 bits per heavy atom. The Balaban J connectivity index is 2.93. The maximum absolute atomic E-state index is 13.6. The van der Waals surface area contributed by atoms with Gasteiger partial charge >= 0.3 is 0 Å². The molecular formula is C15H24FN. The van der Waals surface area contributed by atoms with Crippen LogP contribution >= 0.6 is 0 Å². The van der Waals surface area contributed by atoms with E-state index in [1.54, 1.807) is 0 Å². The van der Waals surface area contributed by atoms with Gasteiger partial charge in [0.05, 0.1) is 0 Å². The highest BCUT2D eigenvalue weighted by atomic mass is 19.1. The van der Waals surface area contributed by atoms with Crippen molar-refractivity contribution in [1.82, 2.24) is 5.32 Å². The van der Waals surface area contributed by atoms with Crippen LogP contribution in [0.3, 0.4) is 0 Å². The zero-order chi connectivity index (χ0) is 12.8. The van der Waals surface area contributed by atoms with Crippen molar-refractivity contribution in [3.8, 4) is 0 Å². The van der Waals surface area contributed by atoms with Crippen LogP contribution in [-0.2, 0) is 0 Å². The van der Waals surface area contributed by atoms with Crippen molar-refractivity contribution < 1.29 is 4.39 Å². The highest BCUT2D eigenvalue weighted by molar-refractivity contribution is 5.32. The largest absolute Gasteiger partial charge is 0.310 e. The molecule has 0 spiro atoms. The zero-order valence-electron chi connectivity index (χ0n) is 11.4. The van der Waals surface area contributed by atoms with Gasteiger partial charge in [-0.25, -0.2) is 4.39 Å². The van der Waals surface area contributed by atoms with Crippen molar-refractivity contribution in [2.45, 2.75) is 53.0 Å². The molecule has 1 nitrogen and oxygen atoms in total. The number of aryl methyl sites for hydroxylation is 2. The molecule has 0 aromatic heterocycles. The molecule has 0 bridgehead atoms. The SMILES string of the molecule is CCCNC(CCC)c1cc(C)c(F)c(C)c1. The summed E-state index contributed by atoms with van der Waals surface area (Å²) in [5.74, 6) is -0.0699. The van der Waals surface area contributed by atoms with Gasteiger partial charge in [-0.3, -0.25) is 0 Å². The molecule has 1 rings (SSSR count). The van der Waals surface area contributed by atoms with Gasteiger partial charge in [0, 0.05) is 6.04 Å². The minimum atomic E-state index is -0.0699. The van der Waals surface area contributed by atoms with E-state index in [0.29, 0.717) is 6.04 Å². The monoisotopic (exact) mass is 237 g/mol. The van der Waals surface area contributed by atoms with Crippen molar-refractivity contribution in [2.75, 3.05) is 6.54 Å². The van der Waals surface area contributed by atoms with Crippen LogP contribution in [0.1, 0.15) is 55.8 Å². The van der Waals surface area contributed by atoms with Gasteiger partial charge in [-0.15, -0.1) is 0 Å². The summed E-state index contributed by atoms with van der Waals surface area (Å²) < 4.78 is 13.6. The molecule has 0 saturated carbocycles. The van der Waals surface area contributed by atoms with Gasteiger partial charge in [0.15, 0.2) is 0 Å². The van der Waals surface area contributed by atoms with Crippen LogP contribution in [0.5, 0.6) is 0 Å². The summed E-state index contributed by atoms with van der Waals surface area (Å²) >= 11 is 0. The summed E-state index contributed by atoms with van der Waals surface area (Å²) in [4.78, 5) is 0. The second kappa shape index (κ2) is 6.75. The molecule has 0 fully saturated rings. The normalized spacial score (nSPS) is 12.8. The summed E-state index contributed by atoms with van der Waals surface area (Å²) in [6.07, 6.45) is 3.36. The standard InChI is InChI=1S/C15H24FN/c1-5-7-14(17-8-6-2)13-9-11(3)15(16)12(4)10-13/h9-10,14,17H,5-8H2,1-4H3. The highest BCUT2D eigenvalue weighted by Gasteiger charge is 2.12. The van der Waals surface area contributed by atoms with E-state index in [1.807, 2.05) is 26.0 Å². The van der Waals surface area contributed by atoms with Gasteiger partial charge in [0.2, 0.25) is 0 Å². The molecule has 2 heteroatoms. The van der Waals surface area contributed by atoms with Crippen molar-refractivity contribution in [1.29, 1.82) is 0 Å². The number of hydrogen-bond donors (Lipinski definition) is 1. The molecule has 0 saturated heterocycles. The van der Waals surface area contributed by atoms with Crippen molar-refractivity contribution >= 4 is 0 Å². The van der Waals surface area contributed by atoms with Gasteiger partial charge in [-0.05, 0) is 49.9 Å². The van der Waals surface area contributed by atoms with Crippen LogP contribution < -0.4 is 5.32 Å². The fourth-order valence-electron chi connectivity index (χ4n) is 2.17. The van der Waals surface area contributed by atoms with E-state index in [4.69, 9.17) is 0 Å². The molecule has 0 aliphatic rings. The molecule has 0 heterocycles. The van der Waals surface area contributed by atoms with Crippen LogP contribution in [0, 0.1) is 19.7 Å². The summed E-state index contributed by atoms with van der Waals surface area (Å²) in [5, 5.41) is 3.54. The predicted molar refractivity (Wildman–Crippen MR) is 71.8 cm³/mol. The Hall–Kier alpha value is -0.890. The Morgan fingerprint density at radius 1 is 1.12 bits per heavy atom. The molecule has 1 aromatic carbocycles. The second-order valence-corrected chi connectivity index (χ2v) is 4.76. The fraction of sp³-hybridized carbons (Fsp3) is 0.600. The lowest BCUT2D eigenvalue weighted by molar-refractivity contribution is 0.492. The van der Waals surface area contributed by atoms with E-state index in [9.17, 15) is 4.39 Å². The number of benzene rings is 1. The van der Waals surface area contributed by atoms with Crippen molar-refractivity contribution in [3.63, 3.8) is 0 Å². The molecule has 1 unspecified atom stereocenters. The summed E-state index contributed by atoms with van der Waals surface area (Å²) in [6.45, 7) is 9.05. The van der Waals surface area contributed by atoms with E-state index in [0.717, 1.165) is 36.9 Å². The van der Waals surface area contributed by atoms with E-state index < -0.39 is 0 Å². The third-order valence-electron chi connectivity index (χ3n) is 3.08. The van der Waals surface area contributed by atoms with E-state index in [2.05, 4.69) is 19.2 Å². The molecular weight excluding hydrogens is 213 g/mol. The first-order valence-corrected chi connectivity index (χ1v) is 6.60. The maximum atomic E-state index is 13.6. The third-order valence-corrected chi connectivity index (χ3v) is 3.08. The highest BCUT2D eigenvalue weighted by Crippen LogP contribution is 2.23. The summed E-state index contributed by atoms with van der Waals surface area (Å²) in [7, 11) is 0. The molecule has 96 valence electrons. The Morgan fingerprint density at radius 2 is 1.71 bits per heavy atom. The minimum Gasteiger partial charge on any atom is -0.310 e. The lowest BCUT2D eigenvalue weighted by Crippen LogP contribution is -2.22. The van der Waals surface area contributed by atoms with Crippen LogP contribution in [0.2, 0.25) is 0 Å². The molecule has 1 atom stereocenters. The van der Waals surface area contributed by atoms with E-state index in [-0.39, 0.29) is 5.82 Å². The molecule has 17 heavy (non-hydrogen) atoms. The van der Waals surface area contributed by atoms with Crippen molar-refractivity contribution in [2.24, 2.45) is 0 Å². The maximum Gasteiger partial charge on any atom is 0.129 e. The first-order valence-electron chi connectivity index (χ1n) is 6.60. The smallest absolute Gasteiger partial charge is 0.129 e. The number of halogens is 1. The lowest BCUT2D eigenvalue weighted by Gasteiger charge is -2.19. The number of hydrogen-bond acceptors (Lipinski definition) is 1. The van der Waals surface area contributed by atoms with Crippen LogP contribution in [-0.4, -0.2) is 6.54 Å².